The van der Waals surface area contributed by atoms with Crippen molar-refractivity contribution in [2.45, 2.75) is 0 Å². The Morgan fingerprint density at radius 3 is 2.50 bits per heavy atom. The van der Waals surface area contributed by atoms with Crippen LogP contribution in [0.15, 0.2) is 10.3 Å². The summed E-state index contributed by atoms with van der Waals surface area (Å²) in [5, 5.41) is 6.68. The zero-order valence-corrected chi connectivity index (χ0v) is 5.33. The van der Waals surface area contributed by atoms with Gasteiger partial charge in [0.05, 0.1) is 6.54 Å². The van der Waals surface area contributed by atoms with Crippen molar-refractivity contribution in [1.29, 1.82) is 0 Å². The topological polar surface area (TPSA) is 54.0 Å². The standard InChI is InChI=1S/C4H12N4/c1-8(2)4-3-6-7-5/h3-4H2,1-2H3,(H2,5,6). The summed E-state index contributed by atoms with van der Waals surface area (Å²) in [7, 11) is 3.96. The molecule has 0 aliphatic heterocycles. The molecule has 0 saturated carbocycles. The fraction of sp³-hybridized carbons (Fsp3) is 1.00. The summed E-state index contributed by atoms with van der Waals surface area (Å²) >= 11 is 0. The molecule has 0 amide bonds. The van der Waals surface area contributed by atoms with E-state index in [0.717, 1.165) is 6.54 Å². The van der Waals surface area contributed by atoms with Crippen molar-refractivity contribution >= 4 is 0 Å². The molecule has 0 aromatic rings. The number of likely N-dealkylation sites (N-methyl/N-ethyl adjacent to an activating group) is 1. The predicted octanol–water partition coefficient (Wildman–Crippen LogP) is -0.126. The molecule has 0 aliphatic carbocycles. The monoisotopic (exact) mass is 116 g/mol. The van der Waals surface area contributed by atoms with Gasteiger partial charge in [-0.05, 0) is 14.1 Å². The summed E-state index contributed by atoms with van der Waals surface area (Å²) < 4.78 is 0. The largest absolute Gasteiger partial charge is 0.307 e. The van der Waals surface area contributed by atoms with Gasteiger partial charge in [0.25, 0.3) is 0 Å². The SMILES string of the molecule is CN(C)CCN=NN. The third kappa shape index (κ3) is 5.36. The van der Waals surface area contributed by atoms with E-state index in [1.54, 1.807) is 0 Å². The summed E-state index contributed by atoms with van der Waals surface area (Å²) in [6, 6.07) is 0. The molecule has 0 rings (SSSR count). The van der Waals surface area contributed by atoms with E-state index in [1.165, 1.54) is 0 Å². The Bertz CT molecular complexity index is 68.4. The maximum atomic E-state index is 4.75. The highest BCUT2D eigenvalue weighted by Gasteiger charge is 1.84. The molecule has 0 bridgehead atoms. The van der Waals surface area contributed by atoms with E-state index < -0.39 is 0 Å². The van der Waals surface area contributed by atoms with Gasteiger partial charge in [0.15, 0.2) is 0 Å². The van der Waals surface area contributed by atoms with Gasteiger partial charge in [-0.2, -0.15) is 5.11 Å². The molecule has 0 aromatic heterocycles. The molecule has 0 heterocycles. The molecule has 0 saturated heterocycles. The van der Waals surface area contributed by atoms with E-state index in [4.69, 9.17) is 5.84 Å². The first kappa shape index (κ1) is 7.36. The Morgan fingerprint density at radius 1 is 1.50 bits per heavy atom. The molecule has 8 heavy (non-hydrogen) atoms. The van der Waals surface area contributed by atoms with Crippen LogP contribution >= 0.6 is 0 Å². The van der Waals surface area contributed by atoms with Gasteiger partial charge in [-0.25, -0.2) is 0 Å². The zero-order chi connectivity index (χ0) is 6.41. The molecule has 4 heteroatoms. The Balaban J connectivity index is 2.93. The molecule has 0 aromatic carbocycles. The average molecular weight is 116 g/mol. The summed E-state index contributed by atoms with van der Waals surface area (Å²) in [5.74, 6) is 4.75. The summed E-state index contributed by atoms with van der Waals surface area (Å²) in [6.45, 7) is 1.59. The van der Waals surface area contributed by atoms with Crippen LogP contribution < -0.4 is 5.84 Å². The van der Waals surface area contributed by atoms with Crippen LogP contribution in [-0.2, 0) is 0 Å². The van der Waals surface area contributed by atoms with E-state index in [9.17, 15) is 0 Å². The first-order valence-corrected chi connectivity index (χ1v) is 2.49. The quantitative estimate of drug-likeness (QED) is 0.317. The molecule has 2 N–H and O–H groups in total. The summed E-state index contributed by atoms with van der Waals surface area (Å²) in [6.07, 6.45) is 0. The van der Waals surface area contributed by atoms with Gasteiger partial charge in [-0.1, -0.05) is 5.22 Å². The highest BCUT2D eigenvalue weighted by molar-refractivity contribution is 4.42. The van der Waals surface area contributed by atoms with Gasteiger partial charge in [0, 0.05) is 6.54 Å². The molecular formula is C4H12N4. The molecular weight excluding hydrogens is 104 g/mol. The van der Waals surface area contributed by atoms with Crippen molar-refractivity contribution in [3.8, 4) is 0 Å². The van der Waals surface area contributed by atoms with Gasteiger partial charge in [-0.3, -0.25) is 0 Å². The van der Waals surface area contributed by atoms with Crippen molar-refractivity contribution in [2.75, 3.05) is 27.2 Å². The maximum absolute atomic E-state index is 4.75. The minimum absolute atomic E-state index is 0.684. The minimum atomic E-state index is 0.684. The molecule has 0 spiro atoms. The minimum Gasteiger partial charge on any atom is -0.307 e. The van der Waals surface area contributed by atoms with Crippen LogP contribution in [-0.4, -0.2) is 32.1 Å². The van der Waals surface area contributed by atoms with Gasteiger partial charge >= 0.3 is 0 Å². The van der Waals surface area contributed by atoms with Gasteiger partial charge in [-0.15, -0.1) is 0 Å². The molecule has 4 nitrogen and oxygen atoms in total. The van der Waals surface area contributed by atoms with Crippen LogP contribution in [0, 0.1) is 0 Å². The Labute approximate surface area is 49.4 Å². The van der Waals surface area contributed by atoms with Gasteiger partial charge < -0.3 is 10.7 Å². The van der Waals surface area contributed by atoms with Crippen LogP contribution in [0.4, 0.5) is 0 Å². The molecule has 48 valence electrons. The number of hydrogen-bond donors (Lipinski definition) is 1. The lowest BCUT2D eigenvalue weighted by molar-refractivity contribution is 0.417. The predicted molar refractivity (Wildman–Crippen MR) is 32.5 cm³/mol. The van der Waals surface area contributed by atoms with Crippen LogP contribution in [0.5, 0.6) is 0 Å². The molecule has 0 unspecified atom stereocenters. The summed E-state index contributed by atoms with van der Waals surface area (Å²) in [4.78, 5) is 2.02. The molecule has 0 atom stereocenters. The van der Waals surface area contributed by atoms with Crippen molar-refractivity contribution in [3.05, 3.63) is 0 Å². The van der Waals surface area contributed by atoms with Crippen LogP contribution in [0.3, 0.4) is 0 Å². The Morgan fingerprint density at radius 2 is 2.12 bits per heavy atom. The van der Waals surface area contributed by atoms with E-state index in [1.807, 2.05) is 19.0 Å². The second-order valence-corrected chi connectivity index (χ2v) is 1.78. The lowest BCUT2D eigenvalue weighted by Crippen LogP contribution is -2.15. The summed E-state index contributed by atoms with van der Waals surface area (Å²) in [5.41, 5.74) is 0. The van der Waals surface area contributed by atoms with E-state index in [2.05, 4.69) is 10.3 Å². The number of rotatable bonds is 3. The fourth-order valence-electron chi connectivity index (χ4n) is 0.302. The van der Waals surface area contributed by atoms with Crippen molar-refractivity contribution in [1.82, 2.24) is 4.90 Å². The second-order valence-electron chi connectivity index (χ2n) is 1.78. The smallest absolute Gasteiger partial charge is 0.0747 e. The first-order valence-electron chi connectivity index (χ1n) is 2.49. The average Bonchev–Trinajstić information content (AvgIpc) is 1.66. The highest BCUT2D eigenvalue weighted by atomic mass is 15.3. The fourth-order valence-corrected chi connectivity index (χ4v) is 0.302. The van der Waals surface area contributed by atoms with Crippen molar-refractivity contribution in [2.24, 2.45) is 16.2 Å². The number of nitrogens with two attached hydrogens (primary N) is 1. The van der Waals surface area contributed by atoms with Gasteiger partial charge in [0.2, 0.25) is 0 Å². The lowest BCUT2D eigenvalue weighted by atomic mass is 10.6. The van der Waals surface area contributed by atoms with Crippen LogP contribution in [0.25, 0.3) is 0 Å². The Hall–Kier alpha value is -0.640. The number of hydrogen-bond acceptors (Lipinski definition) is 3. The zero-order valence-electron chi connectivity index (χ0n) is 5.33. The first-order chi connectivity index (χ1) is 3.77. The van der Waals surface area contributed by atoms with E-state index in [0.29, 0.717) is 6.54 Å². The molecule has 0 fully saturated rings. The van der Waals surface area contributed by atoms with Gasteiger partial charge in [0.1, 0.15) is 0 Å². The number of nitrogens with zero attached hydrogens (tertiary/aromatic N) is 3. The normalized spacial score (nSPS) is 11.4. The van der Waals surface area contributed by atoms with Crippen LogP contribution in [0.2, 0.25) is 0 Å². The second kappa shape index (κ2) is 4.52. The van der Waals surface area contributed by atoms with Crippen LogP contribution in [0.1, 0.15) is 0 Å². The third-order valence-corrected chi connectivity index (χ3v) is 0.729. The van der Waals surface area contributed by atoms with Crippen molar-refractivity contribution in [3.63, 3.8) is 0 Å². The third-order valence-electron chi connectivity index (χ3n) is 0.729. The van der Waals surface area contributed by atoms with E-state index >= 15 is 0 Å². The Kier molecular flexibility index (Phi) is 4.16. The molecule has 0 radical (unpaired) electrons. The highest BCUT2D eigenvalue weighted by Crippen LogP contribution is 1.74. The van der Waals surface area contributed by atoms with Crippen molar-refractivity contribution < 1.29 is 0 Å². The maximum Gasteiger partial charge on any atom is 0.0747 e. The van der Waals surface area contributed by atoms with E-state index in [-0.39, 0.29) is 0 Å². The lowest BCUT2D eigenvalue weighted by Gasteiger charge is -2.03. The molecule has 0 aliphatic rings.